The zero-order chi connectivity index (χ0) is 29.0. The van der Waals surface area contributed by atoms with E-state index >= 15 is 0 Å². The summed E-state index contributed by atoms with van der Waals surface area (Å²) in [5, 5.41) is 4.85. The van der Waals surface area contributed by atoms with Crippen LogP contribution in [0.25, 0.3) is 6.08 Å². The average Bonchev–Trinajstić information content (AvgIpc) is 3.48. The van der Waals surface area contributed by atoms with Crippen LogP contribution in [-0.2, 0) is 36.6 Å². The van der Waals surface area contributed by atoms with Crippen LogP contribution in [0, 0.1) is 0 Å². The Labute approximate surface area is 225 Å². The first-order chi connectivity index (χ1) is 19.0. The molecule has 40 heavy (non-hydrogen) atoms. The van der Waals surface area contributed by atoms with Crippen molar-refractivity contribution < 1.29 is 41.5 Å². The summed E-state index contributed by atoms with van der Waals surface area (Å²) in [7, 11) is 1.11. The predicted molar refractivity (Wildman–Crippen MR) is 137 cm³/mol. The summed E-state index contributed by atoms with van der Waals surface area (Å²) in [4.78, 5) is 51.1. The molecule has 2 heterocycles. The number of para-hydroxylation sites is 1. The fourth-order valence-electron chi connectivity index (χ4n) is 3.98. The van der Waals surface area contributed by atoms with Gasteiger partial charge in [0.15, 0.2) is 0 Å². The number of carbonyl (C=O) groups excluding carboxylic acids is 4. The number of hydrogen-bond acceptors (Lipinski definition) is 6. The number of methoxy groups -OCH3 is 1. The number of halogens is 3. The van der Waals surface area contributed by atoms with Crippen molar-refractivity contribution in [2.75, 3.05) is 17.3 Å². The highest BCUT2D eigenvalue weighted by molar-refractivity contribution is 6.39. The van der Waals surface area contributed by atoms with Crippen molar-refractivity contribution in [1.82, 2.24) is 5.32 Å². The lowest BCUT2D eigenvalue weighted by molar-refractivity contribution is -0.137. The molecule has 0 atom stereocenters. The second-order valence-corrected chi connectivity index (χ2v) is 8.51. The molecular formula is C28H22F3N3O6. The van der Waals surface area contributed by atoms with Gasteiger partial charge in [-0.2, -0.15) is 13.2 Å². The first-order valence-corrected chi connectivity index (χ1v) is 11.8. The summed E-state index contributed by atoms with van der Waals surface area (Å²) in [6, 6.07) is 15.5. The third kappa shape index (κ3) is 5.96. The molecule has 0 saturated heterocycles. The van der Waals surface area contributed by atoms with Gasteiger partial charge in [-0.05, 0) is 55.5 Å². The number of nitrogens with one attached hydrogen (secondary N) is 2. The SMILES string of the molecule is COC(=O)C1=C(C)N(c2cccc(C(F)(F)F)c2)C(=O)C1=Cc1ccc(CNC(=O)C(=O)Nc2ccccc2)o1. The molecular weight excluding hydrogens is 531 g/mol. The van der Waals surface area contributed by atoms with Crippen molar-refractivity contribution in [2.45, 2.75) is 19.6 Å². The van der Waals surface area contributed by atoms with E-state index < -0.39 is 35.4 Å². The van der Waals surface area contributed by atoms with E-state index in [1.807, 2.05) is 0 Å². The van der Waals surface area contributed by atoms with Gasteiger partial charge in [0.1, 0.15) is 11.5 Å². The molecule has 0 spiro atoms. The van der Waals surface area contributed by atoms with Gasteiger partial charge in [0.05, 0.1) is 30.4 Å². The van der Waals surface area contributed by atoms with Crippen molar-refractivity contribution in [3.63, 3.8) is 0 Å². The maximum Gasteiger partial charge on any atom is 0.416 e. The minimum Gasteiger partial charge on any atom is -0.465 e. The number of furan rings is 1. The second kappa shape index (κ2) is 11.3. The fourth-order valence-corrected chi connectivity index (χ4v) is 3.98. The highest BCUT2D eigenvalue weighted by atomic mass is 19.4. The molecule has 0 unspecified atom stereocenters. The number of ether oxygens (including phenoxy) is 1. The molecule has 1 aliphatic heterocycles. The van der Waals surface area contributed by atoms with Crippen LogP contribution in [0.5, 0.6) is 0 Å². The molecule has 0 aliphatic carbocycles. The van der Waals surface area contributed by atoms with E-state index in [-0.39, 0.29) is 40.6 Å². The lowest BCUT2D eigenvalue weighted by Gasteiger charge is -2.19. The summed E-state index contributed by atoms with van der Waals surface area (Å²) in [6.45, 7) is 1.25. The van der Waals surface area contributed by atoms with Crippen molar-refractivity contribution in [1.29, 1.82) is 0 Å². The quantitative estimate of drug-likeness (QED) is 0.265. The fraction of sp³-hybridized carbons (Fsp3) is 0.143. The number of anilines is 2. The monoisotopic (exact) mass is 553 g/mol. The van der Waals surface area contributed by atoms with Crippen LogP contribution in [0.3, 0.4) is 0 Å². The molecule has 3 aromatic rings. The van der Waals surface area contributed by atoms with Gasteiger partial charge in [-0.1, -0.05) is 24.3 Å². The van der Waals surface area contributed by atoms with Crippen LogP contribution in [-0.4, -0.2) is 30.8 Å². The molecule has 9 nitrogen and oxygen atoms in total. The Bertz CT molecular complexity index is 1540. The number of amides is 3. The van der Waals surface area contributed by atoms with Gasteiger partial charge < -0.3 is 19.8 Å². The van der Waals surface area contributed by atoms with Gasteiger partial charge in [-0.15, -0.1) is 0 Å². The zero-order valence-corrected chi connectivity index (χ0v) is 21.2. The smallest absolute Gasteiger partial charge is 0.416 e. The maximum absolute atomic E-state index is 13.3. The zero-order valence-electron chi connectivity index (χ0n) is 21.2. The number of benzene rings is 2. The van der Waals surface area contributed by atoms with Crippen molar-refractivity contribution in [2.24, 2.45) is 0 Å². The summed E-state index contributed by atoms with van der Waals surface area (Å²) < 4.78 is 50.2. The van der Waals surface area contributed by atoms with Gasteiger partial charge in [0.2, 0.25) is 0 Å². The van der Waals surface area contributed by atoms with E-state index in [0.29, 0.717) is 5.69 Å². The molecule has 1 aromatic heterocycles. The molecule has 2 aromatic carbocycles. The summed E-state index contributed by atoms with van der Waals surface area (Å²) in [5.74, 6) is -3.07. The highest BCUT2D eigenvalue weighted by Crippen LogP contribution is 2.38. The summed E-state index contributed by atoms with van der Waals surface area (Å²) in [6.07, 6.45) is -3.39. The Balaban J connectivity index is 1.53. The van der Waals surface area contributed by atoms with Gasteiger partial charge in [-0.3, -0.25) is 19.3 Å². The van der Waals surface area contributed by atoms with Crippen molar-refractivity contribution in [3.05, 3.63) is 101 Å². The maximum atomic E-state index is 13.3. The summed E-state index contributed by atoms with van der Waals surface area (Å²) in [5.41, 5.74) is -0.829. The molecule has 0 saturated carbocycles. The van der Waals surface area contributed by atoms with Crippen LogP contribution in [0.4, 0.5) is 24.5 Å². The molecule has 4 rings (SSSR count). The first kappa shape index (κ1) is 27.9. The number of rotatable bonds is 6. The van der Waals surface area contributed by atoms with E-state index in [9.17, 15) is 32.3 Å². The van der Waals surface area contributed by atoms with Gasteiger partial charge in [-0.25, -0.2) is 4.79 Å². The standard InChI is InChI=1S/C28H22F3N3O6/c1-16-23(27(38)39-2)22(26(37)34(16)19-10-6-7-17(13-19)28(29,30)31)14-20-11-12-21(40-20)15-32-24(35)25(36)33-18-8-4-3-5-9-18/h3-14H,15H2,1-2H3,(H,32,35)(H,33,36). The van der Waals surface area contributed by atoms with Gasteiger partial charge >= 0.3 is 24.0 Å². The number of hydrogen-bond donors (Lipinski definition) is 2. The van der Waals surface area contributed by atoms with E-state index in [2.05, 4.69) is 10.6 Å². The lowest BCUT2D eigenvalue weighted by atomic mass is 10.1. The number of allylic oxidation sites excluding steroid dienone is 1. The van der Waals surface area contributed by atoms with Crippen molar-refractivity contribution in [3.8, 4) is 0 Å². The Morgan fingerprint density at radius 3 is 2.40 bits per heavy atom. The van der Waals surface area contributed by atoms with E-state index in [4.69, 9.17) is 9.15 Å². The highest BCUT2D eigenvalue weighted by Gasteiger charge is 2.39. The van der Waals surface area contributed by atoms with Crippen LogP contribution in [0.2, 0.25) is 0 Å². The van der Waals surface area contributed by atoms with Crippen LogP contribution < -0.4 is 15.5 Å². The number of esters is 1. The molecule has 1 aliphatic rings. The molecule has 0 fully saturated rings. The normalized spacial score (nSPS) is 14.5. The van der Waals surface area contributed by atoms with Crippen molar-refractivity contribution >= 4 is 41.1 Å². The molecule has 0 bridgehead atoms. The average molecular weight is 553 g/mol. The van der Waals surface area contributed by atoms with Crippen LogP contribution in [0.1, 0.15) is 24.0 Å². The minimum absolute atomic E-state index is 0.0749. The van der Waals surface area contributed by atoms with Crippen LogP contribution in [0.15, 0.2) is 88.0 Å². The third-order valence-corrected chi connectivity index (χ3v) is 5.85. The Kier molecular flexibility index (Phi) is 7.89. The molecule has 206 valence electrons. The number of nitrogens with zero attached hydrogens (tertiary/aromatic N) is 1. The molecule has 2 N–H and O–H groups in total. The number of carbonyl (C=O) groups is 4. The second-order valence-electron chi connectivity index (χ2n) is 8.51. The van der Waals surface area contributed by atoms with Gasteiger partial charge in [0, 0.05) is 17.1 Å². The van der Waals surface area contributed by atoms with E-state index in [1.54, 1.807) is 30.3 Å². The first-order valence-electron chi connectivity index (χ1n) is 11.8. The Morgan fingerprint density at radius 1 is 1.00 bits per heavy atom. The summed E-state index contributed by atoms with van der Waals surface area (Å²) >= 11 is 0. The van der Waals surface area contributed by atoms with Crippen LogP contribution >= 0.6 is 0 Å². The largest absolute Gasteiger partial charge is 0.465 e. The molecule has 0 radical (unpaired) electrons. The van der Waals surface area contributed by atoms with E-state index in [0.717, 1.165) is 30.2 Å². The Morgan fingerprint density at radius 2 is 1.73 bits per heavy atom. The van der Waals surface area contributed by atoms with E-state index in [1.165, 1.54) is 31.2 Å². The number of alkyl halides is 3. The Hall–Kier alpha value is -5.13. The van der Waals surface area contributed by atoms with Gasteiger partial charge in [0.25, 0.3) is 5.91 Å². The molecule has 12 heteroatoms. The molecule has 3 amide bonds. The third-order valence-electron chi connectivity index (χ3n) is 5.85. The lowest BCUT2D eigenvalue weighted by Crippen LogP contribution is -2.34. The minimum atomic E-state index is -4.64. The predicted octanol–water partition coefficient (Wildman–Crippen LogP) is 4.43. The topological polar surface area (TPSA) is 118 Å².